The number of benzene rings is 2. The van der Waals surface area contributed by atoms with Crippen molar-refractivity contribution in [2.75, 3.05) is 0 Å². The molecule has 6 heteroatoms. The Labute approximate surface area is 220 Å². The third-order valence-electron chi connectivity index (χ3n) is 6.62. The third kappa shape index (κ3) is 5.29. The van der Waals surface area contributed by atoms with Crippen LogP contribution in [0.15, 0.2) is 41.3 Å². The van der Waals surface area contributed by atoms with Gasteiger partial charge in [-0.05, 0) is 64.8 Å². The van der Waals surface area contributed by atoms with E-state index < -0.39 is 17.9 Å². The molecule has 3 aromatic rings. The third-order valence-corrected chi connectivity index (χ3v) is 12.0. The predicted octanol–water partition coefficient (Wildman–Crippen LogP) is 8.35. The van der Waals surface area contributed by atoms with Crippen LogP contribution < -0.4 is 5.57 Å². The Balaban J connectivity index is 2.54. The Morgan fingerprint density at radius 2 is 1.25 bits per heavy atom. The quantitative estimate of drug-likeness (QED) is 0.302. The molecule has 0 bridgehead atoms. The summed E-state index contributed by atoms with van der Waals surface area (Å²) >= 11 is 0. The molecule has 0 N–H and O–H groups in total. The van der Waals surface area contributed by atoms with Crippen molar-refractivity contribution in [2.45, 2.75) is 116 Å². The van der Waals surface area contributed by atoms with E-state index in [1.165, 1.54) is 5.56 Å². The van der Waals surface area contributed by atoms with Crippen LogP contribution in [0.25, 0.3) is 11.0 Å². The van der Waals surface area contributed by atoms with Crippen LogP contribution in [0.1, 0.15) is 118 Å². The van der Waals surface area contributed by atoms with Gasteiger partial charge in [-0.1, -0.05) is 107 Å². The maximum Gasteiger partial charge on any atom is 0.270 e. The van der Waals surface area contributed by atoms with Crippen LogP contribution >= 0.6 is 7.92 Å². The lowest BCUT2D eigenvalue weighted by molar-refractivity contribution is 0.584. The van der Waals surface area contributed by atoms with Crippen molar-refractivity contribution in [3.05, 3.63) is 53.1 Å². The molecular weight excluding hydrogens is 483 g/mol. The number of hydrogen-bond donors (Lipinski definition) is 0. The summed E-state index contributed by atoms with van der Waals surface area (Å²) in [5.74, 6) is 0.447. The van der Waals surface area contributed by atoms with E-state index in [0.29, 0.717) is 21.9 Å². The largest absolute Gasteiger partial charge is 0.270 e. The highest BCUT2D eigenvalue weighted by atomic mass is 32.2. The van der Waals surface area contributed by atoms with Gasteiger partial charge in [0, 0.05) is 0 Å². The van der Waals surface area contributed by atoms with Crippen molar-refractivity contribution in [1.29, 1.82) is 0 Å². The zero-order valence-electron chi connectivity index (χ0n) is 24.3. The number of rotatable bonds is 6. The Bertz CT molecular complexity index is 1310. The molecule has 0 aliphatic rings. The van der Waals surface area contributed by atoms with Crippen LogP contribution in [0.3, 0.4) is 0 Å². The summed E-state index contributed by atoms with van der Waals surface area (Å²) in [6.45, 7) is 25.9. The zero-order chi connectivity index (χ0) is 27.4. The summed E-state index contributed by atoms with van der Waals surface area (Å²) in [5, 5.41) is -0.267. The van der Waals surface area contributed by atoms with E-state index in [0.717, 1.165) is 16.6 Å². The Morgan fingerprint density at radius 3 is 1.67 bits per heavy atom. The molecule has 0 unspecified atom stereocenters. The second kappa shape index (κ2) is 9.87. The fourth-order valence-electron chi connectivity index (χ4n) is 5.25. The molecule has 2 aromatic carbocycles. The molecule has 0 spiro atoms. The van der Waals surface area contributed by atoms with Gasteiger partial charge in [-0.15, -0.1) is 0 Å². The number of nitrogens with zero attached hydrogens (tertiary/aromatic N) is 2. The molecule has 0 amide bonds. The van der Waals surface area contributed by atoms with Gasteiger partial charge in [0.05, 0.1) is 15.9 Å². The summed E-state index contributed by atoms with van der Waals surface area (Å²) in [6, 6.07) is 11.9. The van der Waals surface area contributed by atoms with E-state index in [1.54, 1.807) is 3.97 Å². The second-order valence-corrected chi connectivity index (χ2v) is 18.3. The monoisotopic (exact) mass is 528 g/mol. The lowest BCUT2D eigenvalue weighted by atomic mass is 9.89. The molecule has 0 atom stereocenters. The van der Waals surface area contributed by atoms with Crippen molar-refractivity contribution < 1.29 is 8.42 Å². The van der Waals surface area contributed by atoms with E-state index in [9.17, 15) is 8.42 Å². The second-order valence-electron chi connectivity index (χ2n) is 12.8. The van der Waals surface area contributed by atoms with Crippen molar-refractivity contribution in [3.63, 3.8) is 0 Å². The molecule has 0 aliphatic heterocycles. The maximum atomic E-state index is 15.0. The predicted molar refractivity (Wildman–Crippen MR) is 157 cm³/mol. The lowest BCUT2D eigenvalue weighted by Gasteiger charge is -2.40. The highest BCUT2D eigenvalue weighted by molar-refractivity contribution is 7.91. The molecule has 0 radical (unpaired) electrons. The molecule has 198 valence electrons. The fraction of sp³-hybridized carbons (Fsp3) is 0.567. The van der Waals surface area contributed by atoms with Crippen molar-refractivity contribution in [3.8, 4) is 0 Å². The summed E-state index contributed by atoms with van der Waals surface area (Å²) in [5.41, 5.74) is 5.04. The van der Waals surface area contributed by atoms with Gasteiger partial charge in [0.1, 0.15) is 5.57 Å². The summed E-state index contributed by atoms with van der Waals surface area (Å²) in [6.07, 6.45) is 0. The lowest BCUT2D eigenvalue weighted by Crippen LogP contribution is -2.37. The minimum atomic E-state index is -3.94. The highest BCUT2D eigenvalue weighted by Crippen LogP contribution is 2.58. The first-order valence-electron chi connectivity index (χ1n) is 13.1. The van der Waals surface area contributed by atoms with Crippen LogP contribution in [0.4, 0.5) is 0 Å². The van der Waals surface area contributed by atoms with Crippen LogP contribution in [-0.4, -0.2) is 27.7 Å². The van der Waals surface area contributed by atoms with E-state index in [4.69, 9.17) is 4.98 Å². The van der Waals surface area contributed by atoms with E-state index >= 15 is 0 Å². The molecular formula is C30H45N2O2PS. The Kier molecular flexibility index (Phi) is 7.91. The van der Waals surface area contributed by atoms with Crippen molar-refractivity contribution in [1.82, 2.24) is 8.96 Å². The van der Waals surface area contributed by atoms with Crippen molar-refractivity contribution >= 4 is 34.5 Å². The van der Waals surface area contributed by atoms with Gasteiger partial charge >= 0.3 is 0 Å². The number of fused-ring (bicyclic) bond motifs is 1. The number of hydrogen-bond acceptors (Lipinski definition) is 3. The Hall–Kier alpha value is -1.71. The van der Waals surface area contributed by atoms with Crippen LogP contribution in [-0.2, 0) is 10.0 Å². The van der Waals surface area contributed by atoms with Crippen LogP contribution in [0.5, 0.6) is 0 Å². The molecule has 0 aliphatic carbocycles. The van der Waals surface area contributed by atoms with Gasteiger partial charge in [0.2, 0.25) is 0 Å². The van der Waals surface area contributed by atoms with E-state index in [-0.39, 0.29) is 22.1 Å². The minimum absolute atomic E-state index is 0.0657. The number of aromatic nitrogens is 2. The van der Waals surface area contributed by atoms with Gasteiger partial charge in [0.25, 0.3) is 10.0 Å². The first-order chi connectivity index (χ1) is 16.4. The maximum absolute atomic E-state index is 15.0. The minimum Gasteiger partial charge on any atom is -0.228 e. The molecule has 0 saturated carbocycles. The molecule has 1 heterocycles. The highest BCUT2D eigenvalue weighted by Gasteiger charge is 2.42. The van der Waals surface area contributed by atoms with Gasteiger partial charge in [-0.3, -0.25) is 0 Å². The van der Waals surface area contributed by atoms with Crippen LogP contribution in [0, 0.1) is 0 Å². The van der Waals surface area contributed by atoms with E-state index in [1.807, 2.05) is 24.3 Å². The Morgan fingerprint density at radius 1 is 0.778 bits per heavy atom. The summed E-state index contributed by atoms with van der Waals surface area (Å²) in [7, 11) is -4.90. The smallest absolute Gasteiger partial charge is 0.228 e. The molecule has 0 saturated heterocycles. The SMILES string of the molecule is CC(C)c1cc(C(C)C)c(S(=O)(=O)n2c(P(C(C)(C)C)C(C)(C)C)nc3ccccc32)c(C(C)C)c1. The van der Waals surface area contributed by atoms with Gasteiger partial charge in [0.15, 0.2) is 0 Å². The molecule has 4 nitrogen and oxygen atoms in total. The fourth-order valence-corrected chi connectivity index (χ4v) is 11.6. The van der Waals surface area contributed by atoms with Gasteiger partial charge in [-0.2, -0.15) is 0 Å². The molecule has 0 fully saturated rings. The number of para-hydroxylation sites is 2. The zero-order valence-corrected chi connectivity index (χ0v) is 26.0. The summed E-state index contributed by atoms with van der Waals surface area (Å²) < 4.78 is 31.5. The first-order valence-corrected chi connectivity index (χ1v) is 15.9. The summed E-state index contributed by atoms with van der Waals surface area (Å²) in [4.78, 5) is 5.50. The molecule has 3 rings (SSSR count). The molecule has 1 aromatic heterocycles. The average Bonchev–Trinajstić information content (AvgIpc) is 3.09. The van der Waals surface area contributed by atoms with Gasteiger partial charge in [-0.25, -0.2) is 17.4 Å². The van der Waals surface area contributed by atoms with Crippen LogP contribution in [0.2, 0.25) is 0 Å². The molecule has 36 heavy (non-hydrogen) atoms. The topological polar surface area (TPSA) is 52.0 Å². The first kappa shape index (κ1) is 28.9. The number of imidazole rings is 1. The standard InChI is InChI=1S/C30H45N2O2PS/c1-19(2)22-17-23(20(3)4)27(24(18-22)21(5)6)36(33,34)32-26-16-14-13-15-25(26)31-28(32)35(29(7,8)9)30(10,11)12/h13-21H,1-12H3. The average molecular weight is 529 g/mol. The van der Waals surface area contributed by atoms with Gasteiger partial charge < -0.3 is 0 Å². The normalized spacial score (nSPS) is 13.7. The van der Waals surface area contributed by atoms with Crippen molar-refractivity contribution in [2.24, 2.45) is 0 Å². The van der Waals surface area contributed by atoms with E-state index in [2.05, 4.69) is 95.2 Å².